The number of nitrogens with zero attached hydrogens (tertiary/aromatic N) is 5. The van der Waals surface area contributed by atoms with Crippen LogP contribution >= 0.6 is 0 Å². The van der Waals surface area contributed by atoms with Crippen LogP contribution in [0.3, 0.4) is 0 Å². The maximum absolute atomic E-state index is 5.92. The van der Waals surface area contributed by atoms with E-state index >= 15 is 0 Å². The highest BCUT2D eigenvalue weighted by atomic mass is 16.5. The zero-order valence-electron chi connectivity index (χ0n) is 16.3. The predicted molar refractivity (Wildman–Crippen MR) is 101 cm³/mol. The highest BCUT2D eigenvalue weighted by molar-refractivity contribution is 5.77. The summed E-state index contributed by atoms with van der Waals surface area (Å²) in [6, 6.07) is 9.79. The van der Waals surface area contributed by atoms with Gasteiger partial charge in [-0.15, -0.1) is 10.2 Å². The summed E-state index contributed by atoms with van der Waals surface area (Å²) < 4.78 is 16.5. The first-order valence-corrected chi connectivity index (χ1v) is 8.97. The Morgan fingerprint density at radius 2 is 1.64 bits per heavy atom. The molecule has 0 bridgehead atoms. The first kappa shape index (κ1) is 18.1. The predicted octanol–water partition coefficient (Wildman–Crippen LogP) is 3.94. The van der Waals surface area contributed by atoms with Crippen molar-refractivity contribution in [2.45, 2.75) is 33.9 Å². The molecular formula is C20H21N5O3. The van der Waals surface area contributed by atoms with Crippen LogP contribution < -0.4 is 0 Å². The van der Waals surface area contributed by atoms with Crippen molar-refractivity contribution in [3.05, 3.63) is 59.0 Å². The van der Waals surface area contributed by atoms with Crippen LogP contribution in [0, 0.1) is 20.8 Å². The molecule has 0 aliphatic carbocycles. The lowest BCUT2D eigenvalue weighted by Crippen LogP contribution is -2.18. The first-order valence-electron chi connectivity index (χ1n) is 8.97. The summed E-state index contributed by atoms with van der Waals surface area (Å²) in [5.41, 5.74) is 4.31. The minimum absolute atomic E-state index is 0.401. The lowest BCUT2D eigenvalue weighted by Gasteiger charge is -2.13. The van der Waals surface area contributed by atoms with Crippen molar-refractivity contribution >= 4 is 0 Å². The van der Waals surface area contributed by atoms with E-state index in [4.69, 9.17) is 13.5 Å². The van der Waals surface area contributed by atoms with Gasteiger partial charge in [0, 0.05) is 17.7 Å². The largest absolute Gasteiger partial charge is 0.419 e. The summed E-state index contributed by atoms with van der Waals surface area (Å²) in [5.74, 6) is 2.38. The van der Waals surface area contributed by atoms with Gasteiger partial charge in [0.05, 0.1) is 12.2 Å². The third kappa shape index (κ3) is 3.46. The molecule has 0 atom stereocenters. The fourth-order valence-electron chi connectivity index (χ4n) is 3.12. The van der Waals surface area contributed by atoms with Gasteiger partial charge in [-0.05, 0) is 27.8 Å². The molecule has 0 amide bonds. The van der Waals surface area contributed by atoms with Gasteiger partial charge < -0.3 is 13.5 Å². The third-order valence-corrected chi connectivity index (χ3v) is 4.61. The topological polar surface area (TPSA) is 94.2 Å². The second kappa shape index (κ2) is 7.40. The Bertz CT molecular complexity index is 1060. The second-order valence-electron chi connectivity index (χ2n) is 6.80. The smallest absolute Gasteiger partial charge is 0.253 e. The van der Waals surface area contributed by atoms with Crippen molar-refractivity contribution in [3.63, 3.8) is 0 Å². The van der Waals surface area contributed by atoms with Gasteiger partial charge in [-0.2, -0.15) is 0 Å². The molecule has 0 fully saturated rings. The van der Waals surface area contributed by atoms with Crippen LogP contribution in [0.25, 0.3) is 22.7 Å². The minimum Gasteiger partial charge on any atom is -0.419 e. The van der Waals surface area contributed by atoms with Gasteiger partial charge in [0.2, 0.25) is 5.89 Å². The molecular weight excluding hydrogens is 358 g/mol. The molecule has 0 saturated heterocycles. The molecule has 0 spiro atoms. The third-order valence-electron chi connectivity index (χ3n) is 4.61. The van der Waals surface area contributed by atoms with E-state index in [1.165, 1.54) is 0 Å². The van der Waals surface area contributed by atoms with E-state index in [-0.39, 0.29) is 0 Å². The Hall–Kier alpha value is -3.26. The molecule has 1 aromatic carbocycles. The molecule has 3 aromatic heterocycles. The highest BCUT2D eigenvalue weighted by Crippen LogP contribution is 2.33. The number of hydrogen-bond donors (Lipinski definition) is 0. The molecule has 0 aliphatic rings. The molecule has 0 saturated carbocycles. The highest BCUT2D eigenvalue weighted by Gasteiger charge is 2.22. The molecule has 0 unspecified atom stereocenters. The summed E-state index contributed by atoms with van der Waals surface area (Å²) in [5, 5.41) is 16.6. The molecule has 0 aliphatic heterocycles. The Kier molecular flexibility index (Phi) is 4.79. The average molecular weight is 379 g/mol. The lowest BCUT2D eigenvalue weighted by atomic mass is 10.1. The number of rotatable bonds is 6. The normalized spacial score (nSPS) is 11.5. The van der Waals surface area contributed by atoms with Crippen LogP contribution in [-0.4, -0.2) is 32.5 Å². The minimum atomic E-state index is 0.401. The Morgan fingerprint density at radius 1 is 0.893 bits per heavy atom. The molecule has 4 aromatic rings. The Morgan fingerprint density at radius 3 is 2.36 bits per heavy atom. The van der Waals surface area contributed by atoms with E-state index in [9.17, 15) is 0 Å². The van der Waals surface area contributed by atoms with Gasteiger partial charge >= 0.3 is 0 Å². The van der Waals surface area contributed by atoms with E-state index < -0.39 is 0 Å². The summed E-state index contributed by atoms with van der Waals surface area (Å²) in [6.45, 7) is 6.86. The van der Waals surface area contributed by atoms with Crippen LogP contribution in [0.15, 0.2) is 43.8 Å². The van der Waals surface area contributed by atoms with Crippen molar-refractivity contribution in [2.24, 2.45) is 0 Å². The van der Waals surface area contributed by atoms with Crippen LogP contribution in [-0.2, 0) is 13.1 Å². The number of hydrogen-bond acceptors (Lipinski definition) is 8. The van der Waals surface area contributed by atoms with Crippen LogP contribution in [0.1, 0.15) is 28.7 Å². The standard InChI is InChI=1S/C20H21N5O3/c1-12-16(13(2)27-23-12)10-25(4)11-17-21-22-20(26-17)18-14(3)28-24-19(18)15-8-6-5-7-9-15/h5-9H,10-11H2,1-4H3. The zero-order valence-corrected chi connectivity index (χ0v) is 16.3. The maximum Gasteiger partial charge on any atom is 0.253 e. The Labute approximate surface area is 162 Å². The van der Waals surface area contributed by atoms with Gasteiger partial charge in [-0.3, -0.25) is 4.90 Å². The van der Waals surface area contributed by atoms with Crippen molar-refractivity contribution in [3.8, 4) is 22.7 Å². The number of aromatic nitrogens is 4. The molecule has 3 heterocycles. The van der Waals surface area contributed by atoms with Crippen LogP contribution in [0.2, 0.25) is 0 Å². The van der Waals surface area contributed by atoms with Crippen LogP contribution in [0.4, 0.5) is 0 Å². The maximum atomic E-state index is 5.92. The van der Waals surface area contributed by atoms with Crippen LogP contribution in [0.5, 0.6) is 0 Å². The monoisotopic (exact) mass is 379 g/mol. The van der Waals surface area contributed by atoms with Crippen molar-refractivity contribution in [1.29, 1.82) is 0 Å². The zero-order chi connectivity index (χ0) is 19.7. The van der Waals surface area contributed by atoms with Crippen molar-refractivity contribution in [2.75, 3.05) is 7.05 Å². The SMILES string of the molecule is Cc1noc(C)c1CN(C)Cc1nnc(-c2c(-c3ccccc3)noc2C)o1. The van der Waals surface area contributed by atoms with E-state index in [2.05, 4.69) is 25.4 Å². The average Bonchev–Trinajstić information content (AvgIpc) is 3.38. The van der Waals surface area contributed by atoms with Gasteiger partial charge in [-0.1, -0.05) is 40.6 Å². The van der Waals surface area contributed by atoms with E-state index in [0.29, 0.717) is 36.3 Å². The number of aryl methyl sites for hydroxylation is 3. The molecule has 28 heavy (non-hydrogen) atoms. The van der Waals surface area contributed by atoms with Gasteiger partial charge in [-0.25, -0.2) is 0 Å². The lowest BCUT2D eigenvalue weighted by molar-refractivity contribution is 0.280. The molecule has 0 radical (unpaired) electrons. The fraction of sp³-hybridized carbons (Fsp3) is 0.300. The molecule has 8 heteroatoms. The van der Waals surface area contributed by atoms with E-state index in [0.717, 1.165) is 28.1 Å². The van der Waals surface area contributed by atoms with E-state index in [1.807, 2.05) is 58.2 Å². The molecule has 4 rings (SSSR count). The quantitative estimate of drug-likeness (QED) is 0.497. The Balaban J connectivity index is 1.55. The van der Waals surface area contributed by atoms with Crippen molar-refractivity contribution in [1.82, 2.24) is 25.4 Å². The molecule has 144 valence electrons. The first-order chi connectivity index (χ1) is 13.5. The molecule has 0 N–H and O–H groups in total. The molecule has 8 nitrogen and oxygen atoms in total. The van der Waals surface area contributed by atoms with E-state index in [1.54, 1.807) is 0 Å². The van der Waals surface area contributed by atoms with Crippen molar-refractivity contribution < 1.29 is 13.5 Å². The summed E-state index contributed by atoms with van der Waals surface area (Å²) in [7, 11) is 1.98. The van der Waals surface area contributed by atoms with Gasteiger partial charge in [0.15, 0.2) is 0 Å². The fourth-order valence-corrected chi connectivity index (χ4v) is 3.12. The van der Waals surface area contributed by atoms with Gasteiger partial charge in [0.25, 0.3) is 5.89 Å². The number of benzene rings is 1. The summed E-state index contributed by atoms with van der Waals surface area (Å²) >= 11 is 0. The summed E-state index contributed by atoms with van der Waals surface area (Å²) in [4.78, 5) is 2.07. The second-order valence-corrected chi connectivity index (χ2v) is 6.80. The summed E-state index contributed by atoms with van der Waals surface area (Å²) in [6.07, 6.45) is 0. The van der Waals surface area contributed by atoms with Gasteiger partial charge in [0.1, 0.15) is 22.8 Å².